The van der Waals surface area contributed by atoms with Gasteiger partial charge in [0.2, 0.25) is 12.3 Å². The number of carbonyl (C=O) groups is 1. The Morgan fingerprint density at radius 1 is 1.29 bits per heavy atom. The first-order chi connectivity index (χ1) is 10.4. The van der Waals surface area contributed by atoms with Crippen molar-refractivity contribution in [1.29, 1.82) is 0 Å². The van der Waals surface area contributed by atoms with Crippen molar-refractivity contribution >= 4 is 6.41 Å². The van der Waals surface area contributed by atoms with Crippen LogP contribution in [-0.2, 0) is 17.6 Å². The Morgan fingerprint density at radius 2 is 2.14 bits per heavy atom. The van der Waals surface area contributed by atoms with Gasteiger partial charge in [0.15, 0.2) is 5.82 Å². The minimum absolute atomic E-state index is 0.0297. The van der Waals surface area contributed by atoms with Crippen molar-refractivity contribution in [3.05, 3.63) is 47.6 Å². The van der Waals surface area contributed by atoms with Gasteiger partial charge in [-0.25, -0.2) is 0 Å². The van der Waals surface area contributed by atoms with Crippen molar-refractivity contribution in [1.82, 2.24) is 15.0 Å². The summed E-state index contributed by atoms with van der Waals surface area (Å²) >= 11 is 0. The van der Waals surface area contributed by atoms with E-state index in [0.29, 0.717) is 5.89 Å². The number of hydrogen-bond donors (Lipinski definition) is 0. The van der Waals surface area contributed by atoms with Crippen LogP contribution in [0.4, 0.5) is 0 Å². The maximum Gasteiger partial charge on any atom is 0.249 e. The van der Waals surface area contributed by atoms with Gasteiger partial charge >= 0.3 is 0 Å². The van der Waals surface area contributed by atoms with Crippen molar-refractivity contribution in [2.24, 2.45) is 0 Å². The van der Waals surface area contributed by atoms with Gasteiger partial charge in [-0.3, -0.25) is 4.79 Å². The molecule has 2 aromatic rings. The standard InChI is InChI=1S/C16H19N3O2/c20-12-19-11-5-9-14(19)16-17-15(18-21-16)10-4-8-13-6-2-1-3-7-13/h1-3,6-7,12,14H,4-5,8-11H2. The Labute approximate surface area is 124 Å². The van der Waals surface area contributed by atoms with Crippen LogP contribution < -0.4 is 0 Å². The Bertz CT molecular complexity index is 582. The molecule has 5 nitrogen and oxygen atoms in total. The quantitative estimate of drug-likeness (QED) is 0.765. The minimum atomic E-state index is -0.0297. The molecule has 1 atom stereocenters. The third-order valence-electron chi connectivity index (χ3n) is 3.91. The Balaban J connectivity index is 1.54. The molecule has 1 aromatic heterocycles. The van der Waals surface area contributed by atoms with Gasteiger partial charge in [-0.15, -0.1) is 0 Å². The molecule has 0 radical (unpaired) electrons. The van der Waals surface area contributed by atoms with Gasteiger partial charge in [-0.2, -0.15) is 4.98 Å². The summed E-state index contributed by atoms with van der Waals surface area (Å²) in [5.74, 6) is 1.31. The molecule has 0 aliphatic carbocycles. The van der Waals surface area contributed by atoms with E-state index in [0.717, 1.165) is 50.9 Å². The van der Waals surface area contributed by atoms with Gasteiger partial charge in [0.1, 0.15) is 6.04 Å². The summed E-state index contributed by atoms with van der Waals surface area (Å²) in [5.41, 5.74) is 1.32. The van der Waals surface area contributed by atoms with Gasteiger partial charge in [-0.1, -0.05) is 35.5 Å². The number of rotatable bonds is 6. The number of benzene rings is 1. The van der Waals surface area contributed by atoms with E-state index in [-0.39, 0.29) is 6.04 Å². The predicted molar refractivity (Wildman–Crippen MR) is 77.5 cm³/mol. The van der Waals surface area contributed by atoms with Gasteiger partial charge in [0, 0.05) is 13.0 Å². The van der Waals surface area contributed by atoms with Gasteiger partial charge in [0.05, 0.1) is 0 Å². The molecule has 2 heterocycles. The first kappa shape index (κ1) is 13.8. The largest absolute Gasteiger partial charge is 0.337 e. The second kappa shape index (κ2) is 6.52. The van der Waals surface area contributed by atoms with E-state index in [1.165, 1.54) is 5.56 Å². The summed E-state index contributed by atoms with van der Waals surface area (Å²) in [5, 5.41) is 4.03. The Hall–Kier alpha value is -2.17. The van der Waals surface area contributed by atoms with E-state index >= 15 is 0 Å². The smallest absolute Gasteiger partial charge is 0.249 e. The van der Waals surface area contributed by atoms with Crippen molar-refractivity contribution in [3.8, 4) is 0 Å². The van der Waals surface area contributed by atoms with Crippen LogP contribution in [0.3, 0.4) is 0 Å². The van der Waals surface area contributed by atoms with E-state index in [4.69, 9.17) is 4.52 Å². The third kappa shape index (κ3) is 3.29. The topological polar surface area (TPSA) is 59.2 Å². The summed E-state index contributed by atoms with van der Waals surface area (Å²) in [6.07, 6.45) is 5.57. The number of aromatic nitrogens is 2. The normalized spacial score (nSPS) is 18.1. The molecule has 0 N–H and O–H groups in total. The highest BCUT2D eigenvalue weighted by Gasteiger charge is 2.29. The predicted octanol–water partition coefficient (Wildman–Crippen LogP) is 2.54. The fourth-order valence-corrected chi connectivity index (χ4v) is 2.78. The maximum atomic E-state index is 11.0. The summed E-state index contributed by atoms with van der Waals surface area (Å²) in [4.78, 5) is 17.1. The van der Waals surface area contributed by atoms with Gasteiger partial charge in [-0.05, 0) is 31.2 Å². The van der Waals surface area contributed by atoms with Gasteiger partial charge in [0.25, 0.3) is 0 Å². The van der Waals surface area contributed by atoms with Crippen LogP contribution in [0.25, 0.3) is 0 Å². The molecule has 1 unspecified atom stereocenters. The van der Waals surface area contributed by atoms with E-state index in [1.807, 2.05) is 6.07 Å². The Kier molecular flexibility index (Phi) is 4.28. The molecule has 1 amide bonds. The molecule has 1 aromatic carbocycles. The highest BCUT2D eigenvalue weighted by atomic mass is 16.5. The molecule has 1 fully saturated rings. The first-order valence-corrected chi connectivity index (χ1v) is 7.44. The van der Waals surface area contributed by atoms with E-state index < -0.39 is 0 Å². The van der Waals surface area contributed by atoms with Crippen LogP contribution in [0.5, 0.6) is 0 Å². The molecule has 3 rings (SSSR count). The number of likely N-dealkylation sites (tertiary alicyclic amines) is 1. The van der Waals surface area contributed by atoms with Gasteiger partial charge < -0.3 is 9.42 Å². The fourth-order valence-electron chi connectivity index (χ4n) is 2.78. The molecule has 1 aliphatic heterocycles. The molecule has 0 saturated carbocycles. The maximum absolute atomic E-state index is 11.0. The highest BCUT2D eigenvalue weighted by molar-refractivity contribution is 5.48. The lowest BCUT2D eigenvalue weighted by Crippen LogP contribution is -2.21. The van der Waals surface area contributed by atoms with Crippen molar-refractivity contribution in [3.63, 3.8) is 0 Å². The number of amides is 1. The number of nitrogens with zero attached hydrogens (tertiary/aromatic N) is 3. The number of carbonyl (C=O) groups excluding carboxylic acids is 1. The zero-order chi connectivity index (χ0) is 14.5. The van der Waals surface area contributed by atoms with Crippen molar-refractivity contribution in [2.75, 3.05) is 6.54 Å². The minimum Gasteiger partial charge on any atom is -0.337 e. The molecule has 1 aliphatic rings. The van der Waals surface area contributed by atoms with Crippen LogP contribution in [0.2, 0.25) is 0 Å². The second-order valence-electron chi connectivity index (χ2n) is 5.39. The van der Waals surface area contributed by atoms with E-state index in [1.54, 1.807) is 4.90 Å². The molecule has 0 spiro atoms. The third-order valence-corrected chi connectivity index (χ3v) is 3.91. The summed E-state index contributed by atoms with van der Waals surface area (Å²) < 4.78 is 5.32. The van der Waals surface area contributed by atoms with Crippen LogP contribution in [0, 0.1) is 0 Å². The summed E-state index contributed by atoms with van der Waals surface area (Å²) in [6, 6.07) is 10.4. The SMILES string of the molecule is O=CN1CCCC1c1nc(CCCc2ccccc2)no1. The lowest BCUT2D eigenvalue weighted by atomic mass is 10.1. The van der Waals surface area contributed by atoms with Crippen LogP contribution in [-0.4, -0.2) is 28.0 Å². The fraction of sp³-hybridized carbons (Fsp3) is 0.438. The van der Waals surface area contributed by atoms with E-state index in [2.05, 4.69) is 34.4 Å². The average Bonchev–Trinajstić information content (AvgIpc) is 3.16. The molecular formula is C16H19N3O2. The molecule has 21 heavy (non-hydrogen) atoms. The summed E-state index contributed by atoms with van der Waals surface area (Å²) in [6.45, 7) is 0.778. The van der Waals surface area contributed by atoms with Crippen LogP contribution in [0.15, 0.2) is 34.9 Å². The second-order valence-corrected chi connectivity index (χ2v) is 5.39. The molecule has 0 bridgehead atoms. The number of aryl methyl sites for hydroxylation is 2. The van der Waals surface area contributed by atoms with Crippen molar-refractivity contribution in [2.45, 2.75) is 38.1 Å². The molecule has 1 saturated heterocycles. The monoisotopic (exact) mass is 285 g/mol. The Morgan fingerprint density at radius 3 is 2.95 bits per heavy atom. The lowest BCUT2D eigenvalue weighted by molar-refractivity contribution is -0.119. The lowest BCUT2D eigenvalue weighted by Gasteiger charge is -2.14. The van der Waals surface area contributed by atoms with E-state index in [9.17, 15) is 4.79 Å². The first-order valence-electron chi connectivity index (χ1n) is 7.44. The highest BCUT2D eigenvalue weighted by Crippen LogP contribution is 2.29. The number of hydrogen-bond acceptors (Lipinski definition) is 4. The molecule has 5 heteroatoms. The van der Waals surface area contributed by atoms with Crippen LogP contribution >= 0.6 is 0 Å². The zero-order valence-electron chi connectivity index (χ0n) is 11.9. The van der Waals surface area contributed by atoms with Crippen LogP contribution in [0.1, 0.15) is 42.6 Å². The molecule has 110 valence electrons. The molecular weight excluding hydrogens is 266 g/mol. The van der Waals surface area contributed by atoms with Crippen molar-refractivity contribution < 1.29 is 9.32 Å². The summed E-state index contributed by atoms with van der Waals surface area (Å²) in [7, 11) is 0. The average molecular weight is 285 g/mol. The zero-order valence-corrected chi connectivity index (χ0v) is 11.9.